The molecule has 0 fully saturated rings. The smallest absolute Gasteiger partial charge is 0.310 e. The molecule has 2 rings (SSSR count). The minimum absolute atomic E-state index is 0.232. The van der Waals surface area contributed by atoms with Gasteiger partial charge < -0.3 is 10.1 Å². The van der Waals surface area contributed by atoms with Gasteiger partial charge in [-0.1, -0.05) is 23.2 Å². The van der Waals surface area contributed by atoms with Crippen molar-refractivity contribution in [1.29, 1.82) is 0 Å². The number of ether oxygens (including phenoxy) is 1. The van der Waals surface area contributed by atoms with Crippen molar-refractivity contribution in [2.45, 2.75) is 19.9 Å². The van der Waals surface area contributed by atoms with Crippen LogP contribution in [0.1, 0.15) is 15.3 Å². The Morgan fingerprint density at radius 1 is 1.24 bits per heavy atom. The Balaban J connectivity index is 2.00. The van der Waals surface area contributed by atoms with Crippen molar-refractivity contribution in [2.24, 2.45) is 0 Å². The zero-order chi connectivity index (χ0) is 15.4. The van der Waals surface area contributed by atoms with Crippen LogP contribution in [-0.2, 0) is 22.5 Å². The molecule has 1 heterocycles. The topological polar surface area (TPSA) is 38.3 Å². The fourth-order valence-electron chi connectivity index (χ4n) is 1.79. The van der Waals surface area contributed by atoms with Crippen molar-refractivity contribution in [2.75, 3.05) is 12.4 Å². The molecule has 112 valence electrons. The number of nitrogens with one attached hydrogen (secondary N) is 1. The molecule has 0 radical (unpaired) electrons. The highest BCUT2D eigenvalue weighted by molar-refractivity contribution is 7.12. The van der Waals surface area contributed by atoms with Crippen LogP contribution in [0.2, 0.25) is 10.0 Å². The van der Waals surface area contributed by atoms with E-state index in [-0.39, 0.29) is 5.97 Å². The number of esters is 1. The first-order valence-electron chi connectivity index (χ1n) is 6.33. The molecule has 0 bridgehead atoms. The molecule has 0 saturated carbocycles. The second-order valence-electron chi connectivity index (χ2n) is 4.56. The number of rotatable bonds is 5. The molecule has 0 unspecified atom stereocenters. The molecule has 0 saturated heterocycles. The monoisotopic (exact) mass is 343 g/mol. The van der Waals surface area contributed by atoms with E-state index in [1.165, 1.54) is 7.11 Å². The number of aryl methyl sites for hydroxylation is 1. The van der Waals surface area contributed by atoms with Gasteiger partial charge in [-0.25, -0.2) is 0 Å². The van der Waals surface area contributed by atoms with Crippen LogP contribution in [0.3, 0.4) is 0 Å². The number of benzene rings is 1. The van der Waals surface area contributed by atoms with Crippen molar-refractivity contribution in [3.05, 3.63) is 49.6 Å². The van der Waals surface area contributed by atoms with E-state index in [9.17, 15) is 4.79 Å². The lowest BCUT2D eigenvalue weighted by molar-refractivity contribution is -0.139. The van der Waals surface area contributed by atoms with Crippen LogP contribution >= 0.6 is 34.5 Å². The van der Waals surface area contributed by atoms with Gasteiger partial charge in [0, 0.05) is 21.3 Å². The molecule has 3 nitrogen and oxygen atoms in total. The maximum atomic E-state index is 11.2. The molecule has 1 aromatic heterocycles. The Labute approximate surface area is 137 Å². The number of anilines is 1. The first-order chi connectivity index (χ1) is 9.99. The molecule has 2 aromatic rings. The molecule has 0 atom stereocenters. The highest BCUT2D eigenvalue weighted by atomic mass is 35.5. The molecule has 0 aliphatic heterocycles. The van der Waals surface area contributed by atoms with Crippen molar-refractivity contribution in [3.8, 4) is 0 Å². The molecule has 6 heteroatoms. The lowest BCUT2D eigenvalue weighted by atomic mass is 10.2. The fraction of sp³-hybridized carbons (Fsp3) is 0.267. The third-order valence-corrected chi connectivity index (χ3v) is 4.77. The number of carbonyl (C=O) groups excluding carboxylic acids is 1. The molecular formula is C15H15Cl2NO2S. The van der Waals surface area contributed by atoms with Gasteiger partial charge in [-0.05, 0) is 36.8 Å². The largest absolute Gasteiger partial charge is 0.469 e. The van der Waals surface area contributed by atoms with E-state index in [4.69, 9.17) is 23.2 Å². The van der Waals surface area contributed by atoms with Gasteiger partial charge >= 0.3 is 5.97 Å². The van der Waals surface area contributed by atoms with Crippen molar-refractivity contribution in [3.63, 3.8) is 0 Å². The first-order valence-corrected chi connectivity index (χ1v) is 7.90. The summed E-state index contributed by atoms with van der Waals surface area (Å²) in [5.41, 5.74) is 1.75. The van der Waals surface area contributed by atoms with Crippen LogP contribution in [0.4, 0.5) is 5.69 Å². The lowest BCUT2D eigenvalue weighted by Gasteiger charge is -2.09. The summed E-state index contributed by atoms with van der Waals surface area (Å²) in [5, 5.41) is 4.58. The average Bonchev–Trinajstić information content (AvgIpc) is 2.88. The number of hydrogen-bond acceptors (Lipinski definition) is 4. The predicted octanol–water partition coefficient (Wildman–Crippen LogP) is 4.69. The average molecular weight is 344 g/mol. The number of thiophene rings is 1. The van der Waals surface area contributed by atoms with Crippen LogP contribution in [0.5, 0.6) is 0 Å². The highest BCUT2D eigenvalue weighted by Gasteiger charge is 2.08. The molecule has 0 amide bonds. The zero-order valence-electron chi connectivity index (χ0n) is 11.7. The number of halogens is 2. The minimum Gasteiger partial charge on any atom is -0.469 e. The molecule has 1 N–H and O–H groups in total. The van der Waals surface area contributed by atoms with E-state index in [0.29, 0.717) is 23.0 Å². The maximum absolute atomic E-state index is 11.2. The number of hydrogen-bond donors (Lipinski definition) is 1. The van der Waals surface area contributed by atoms with Gasteiger partial charge in [0.2, 0.25) is 0 Å². The van der Waals surface area contributed by atoms with Gasteiger partial charge in [-0.2, -0.15) is 0 Å². The van der Waals surface area contributed by atoms with Crippen LogP contribution < -0.4 is 5.32 Å². The van der Waals surface area contributed by atoms with Crippen LogP contribution in [0.25, 0.3) is 0 Å². The van der Waals surface area contributed by atoms with Gasteiger partial charge in [0.25, 0.3) is 0 Å². The Bertz CT molecular complexity index is 655. The van der Waals surface area contributed by atoms with Gasteiger partial charge in [0.1, 0.15) is 0 Å². The third kappa shape index (κ3) is 4.37. The summed E-state index contributed by atoms with van der Waals surface area (Å²) in [6, 6.07) is 7.58. The molecule has 0 aliphatic rings. The maximum Gasteiger partial charge on any atom is 0.310 e. The summed E-state index contributed by atoms with van der Waals surface area (Å²) in [6.45, 7) is 2.54. The Hall–Kier alpha value is -1.23. The van der Waals surface area contributed by atoms with Crippen molar-refractivity contribution >= 4 is 46.2 Å². The normalized spacial score (nSPS) is 10.5. The van der Waals surface area contributed by atoms with E-state index in [1.54, 1.807) is 11.3 Å². The lowest BCUT2D eigenvalue weighted by Crippen LogP contribution is -2.02. The molecule has 0 aliphatic carbocycles. The second kappa shape index (κ2) is 7.16. The zero-order valence-corrected chi connectivity index (χ0v) is 14.0. The third-order valence-electron chi connectivity index (χ3n) is 2.96. The van der Waals surface area contributed by atoms with Crippen LogP contribution in [-0.4, -0.2) is 13.1 Å². The minimum atomic E-state index is -0.232. The summed E-state index contributed by atoms with van der Waals surface area (Å²) >= 11 is 13.8. The van der Waals surface area contributed by atoms with E-state index in [0.717, 1.165) is 21.0 Å². The standard InChI is InChI=1S/C15H15Cl2NO2S/c1-9-5-13(17)14(7-12(9)16)18-8-11-4-3-10(21-11)6-15(19)20-2/h3-5,7,18H,6,8H2,1-2H3. The second-order valence-corrected chi connectivity index (χ2v) is 6.62. The van der Waals surface area contributed by atoms with Crippen molar-refractivity contribution < 1.29 is 9.53 Å². The summed E-state index contributed by atoms with van der Waals surface area (Å²) in [4.78, 5) is 13.3. The van der Waals surface area contributed by atoms with E-state index in [2.05, 4.69) is 10.1 Å². The van der Waals surface area contributed by atoms with E-state index < -0.39 is 0 Å². The fourth-order valence-corrected chi connectivity index (χ4v) is 3.18. The van der Waals surface area contributed by atoms with Gasteiger partial charge in [0.05, 0.1) is 24.2 Å². The Morgan fingerprint density at radius 2 is 1.95 bits per heavy atom. The summed E-state index contributed by atoms with van der Waals surface area (Å²) in [5.74, 6) is -0.232. The highest BCUT2D eigenvalue weighted by Crippen LogP contribution is 2.29. The SMILES string of the molecule is COC(=O)Cc1ccc(CNc2cc(Cl)c(C)cc2Cl)s1. The predicted molar refractivity (Wildman–Crippen MR) is 88.6 cm³/mol. The van der Waals surface area contributed by atoms with E-state index in [1.807, 2.05) is 31.2 Å². The molecule has 0 spiro atoms. The molecular weight excluding hydrogens is 329 g/mol. The molecule has 1 aromatic carbocycles. The van der Waals surface area contributed by atoms with Crippen molar-refractivity contribution in [1.82, 2.24) is 0 Å². The number of methoxy groups -OCH3 is 1. The Kier molecular flexibility index (Phi) is 5.51. The first kappa shape index (κ1) is 16.1. The van der Waals surface area contributed by atoms with Gasteiger partial charge in [0.15, 0.2) is 0 Å². The molecule has 21 heavy (non-hydrogen) atoms. The summed E-state index contributed by atoms with van der Waals surface area (Å²) in [7, 11) is 1.39. The van der Waals surface area contributed by atoms with Crippen LogP contribution in [0, 0.1) is 6.92 Å². The van der Waals surface area contributed by atoms with Gasteiger partial charge in [-0.15, -0.1) is 11.3 Å². The number of carbonyl (C=O) groups is 1. The van der Waals surface area contributed by atoms with Gasteiger partial charge in [-0.3, -0.25) is 4.79 Å². The van der Waals surface area contributed by atoms with E-state index >= 15 is 0 Å². The Morgan fingerprint density at radius 3 is 2.67 bits per heavy atom. The quantitative estimate of drug-likeness (QED) is 0.800. The van der Waals surface area contributed by atoms with Crippen LogP contribution in [0.15, 0.2) is 24.3 Å². The summed E-state index contributed by atoms with van der Waals surface area (Å²) in [6.07, 6.45) is 0.304. The summed E-state index contributed by atoms with van der Waals surface area (Å²) < 4.78 is 4.65.